The number of carbonyl (C=O) groups excluding carboxylic acids is 1. The molecule has 0 atom stereocenters. The second kappa shape index (κ2) is 8.06. The molecule has 0 aliphatic heterocycles. The summed E-state index contributed by atoms with van der Waals surface area (Å²) in [5.41, 5.74) is 2.46. The van der Waals surface area contributed by atoms with Crippen LogP contribution >= 0.6 is 0 Å². The molecule has 1 aliphatic rings. The Hall–Kier alpha value is -2.20. The molecule has 1 aliphatic carbocycles. The highest BCUT2D eigenvalue weighted by molar-refractivity contribution is 6.03. The number of aromatic nitrogens is 1. The quantitative estimate of drug-likeness (QED) is 0.901. The van der Waals surface area contributed by atoms with E-state index in [2.05, 4.69) is 28.3 Å². The number of pyridine rings is 1. The highest BCUT2D eigenvalue weighted by atomic mass is 16.1. The third kappa shape index (κ3) is 4.20. The van der Waals surface area contributed by atoms with Crippen molar-refractivity contribution < 1.29 is 4.79 Å². The van der Waals surface area contributed by atoms with Gasteiger partial charge in [-0.3, -0.25) is 14.7 Å². The van der Waals surface area contributed by atoms with Crippen LogP contribution in [0.15, 0.2) is 48.7 Å². The predicted molar refractivity (Wildman–Crippen MR) is 97.0 cm³/mol. The van der Waals surface area contributed by atoms with Gasteiger partial charge in [0.05, 0.1) is 0 Å². The van der Waals surface area contributed by atoms with Gasteiger partial charge in [0.25, 0.3) is 5.91 Å². The van der Waals surface area contributed by atoms with Gasteiger partial charge in [0.2, 0.25) is 0 Å². The molecule has 3 rings (SSSR count). The molecule has 0 saturated heterocycles. The summed E-state index contributed by atoms with van der Waals surface area (Å²) in [4.78, 5) is 18.9. The molecule has 1 N–H and O–H groups in total. The van der Waals surface area contributed by atoms with E-state index >= 15 is 0 Å². The van der Waals surface area contributed by atoms with Crippen LogP contribution in [0.5, 0.6) is 0 Å². The lowest BCUT2D eigenvalue weighted by Crippen LogP contribution is -2.33. The fraction of sp³-hybridized carbons (Fsp3) is 0.400. The van der Waals surface area contributed by atoms with E-state index in [0.29, 0.717) is 11.7 Å². The summed E-state index contributed by atoms with van der Waals surface area (Å²) in [6, 6.07) is 14.1. The van der Waals surface area contributed by atoms with Gasteiger partial charge in [0, 0.05) is 24.5 Å². The number of amides is 1. The molecule has 1 aromatic heterocycles. The second-order valence-electron chi connectivity index (χ2n) is 6.53. The number of hydrogen-bond acceptors (Lipinski definition) is 3. The van der Waals surface area contributed by atoms with Crippen LogP contribution in [-0.2, 0) is 6.54 Å². The van der Waals surface area contributed by atoms with Gasteiger partial charge in [-0.1, -0.05) is 43.5 Å². The molecule has 0 unspecified atom stereocenters. The van der Waals surface area contributed by atoms with Crippen molar-refractivity contribution in [1.82, 2.24) is 9.88 Å². The lowest BCUT2D eigenvalue weighted by Gasteiger charge is -2.31. The van der Waals surface area contributed by atoms with Crippen molar-refractivity contribution in [3.63, 3.8) is 0 Å². The van der Waals surface area contributed by atoms with Crippen LogP contribution < -0.4 is 5.32 Å². The average Bonchev–Trinajstić information content (AvgIpc) is 2.64. The standard InChI is InChI=1S/C20H25N3O/c1-23(17-10-3-2-4-11-17)15-16-9-5-6-12-18(16)22-20(24)19-13-7-8-14-21-19/h5-9,12-14,17H,2-4,10-11,15H2,1H3,(H,22,24). The Balaban J connectivity index is 1.69. The number of rotatable bonds is 5. The summed E-state index contributed by atoms with van der Waals surface area (Å²) in [6.07, 6.45) is 8.21. The zero-order valence-corrected chi connectivity index (χ0v) is 14.2. The SMILES string of the molecule is CN(Cc1ccccc1NC(=O)c1ccccn1)C1CCCCC1. The number of carbonyl (C=O) groups is 1. The molecule has 1 fully saturated rings. The lowest BCUT2D eigenvalue weighted by molar-refractivity contribution is 0.102. The highest BCUT2D eigenvalue weighted by Gasteiger charge is 2.19. The van der Waals surface area contributed by atoms with Crippen LogP contribution in [0.25, 0.3) is 0 Å². The van der Waals surface area contributed by atoms with E-state index < -0.39 is 0 Å². The molecule has 0 radical (unpaired) electrons. The summed E-state index contributed by atoms with van der Waals surface area (Å²) >= 11 is 0. The van der Waals surface area contributed by atoms with Crippen LogP contribution in [0.3, 0.4) is 0 Å². The van der Waals surface area contributed by atoms with Crippen molar-refractivity contribution in [1.29, 1.82) is 0 Å². The highest BCUT2D eigenvalue weighted by Crippen LogP contribution is 2.25. The molecule has 1 aromatic carbocycles. The molecule has 126 valence electrons. The van der Waals surface area contributed by atoms with E-state index in [0.717, 1.165) is 17.8 Å². The van der Waals surface area contributed by atoms with Crippen LogP contribution in [-0.4, -0.2) is 28.9 Å². The average molecular weight is 323 g/mol. The Bertz CT molecular complexity index is 666. The summed E-state index contributed by atoms with van der Waals surface area (Å²) in [6.45, 7) is 0.851. The van der Waals surface area contributed by atoms with Crippen molar-refractivity contribution in [3.05, 3.63) is 59.9 Å². The van der Waals surface area contributed by atoms with Crippen molar-refractivity contribution >= 4 is 11.6 Å². The third-order valence-electron chi connectivity index (χ3n) is 4.78. The van der Waals surface area contributed by atoms with Gasteiger partial charge in [-0.05, 0) is 43.7 Å². The summed E-state index contributed by atoms with van der Waals surface area (Å²) in [7, 11) is 2.19. The molecular formula is C20H25N3O. The molecule has 1 heterocycles. The molecule has 1 saturated carbocycles. The van der Waals surface area contributed by atoms with E-state index in [9.17, 15) is 4.79 Å². The minimum absolute atomic E-state index is 0.164. The first kappa shape index (κ1) is 16.7. The molecule has 0 bridgehead atoms. The largest absolute Gasteiger partial charge is 0.320 e. The summed E-state index contributed by atoms with van der Waals surface area (Å²) < 4.78 is 0. The number of nitrogens with zero attached hydrogens (tertiary/aromatic N) is 2. The van der Waals surface area contributed by atoms with Crippen molar-refractivity contribution in [3.8, 4) is 0 Å². The Morgan fingerprint density at radius 2 is 1.88 bits per heavy atom. The van der Waals surface area contributed by atoms with Crippen molar-refractivity contribution in [2.75, 3.05) is 12.4 Å². The second-order valence-corrected chi connectivity index (χ2v) is 6.53. The predicted octanol–water partition coefficient (Wildman–Crippen LogP) is 4.10. The van der Waals surface area contributed by atoms with Gasteiger partial charge < -0.3 is 5.32 Å². The zero-order chi connectivity index (χ0) is 16.8. The smallest absolute Gasteiger partial charge is 0.274 e. The number of benzene rings is 1. The van der Waals surface area contributed by atoms with E-state index in [-0.39, 0.29) is 5.91 Å². The fourth-order valence-corrected chi connectivity index (χ4v) is 3.38. The number of anilines is 1. The molecule has 2 aromatic rings. The lowest BCUT2D eigenvalue weighted by atomic mass is 9.94. The van der Waals surface area contributed by atoms with E-state index in [1.807, 2.05) is 30.3 Å². The first-order valence-corrected chi connectivity index (χ1v) is 8.74. The summed E-state index contributed by atoms with van der Waals surface area (Å²) in [5.74, 6) is -0.164. The van der Waals surface area contributed by atoms with Gasteiger partial charge >= 0.3 is 0 Å². The Kier molecular flexibility index (Phi) is 5.59. The maximum atomic E-state index is 12.4. The van der Waals surface area contributed by atoms with E-state index in [1.54, 1.807) is 12.3 Å². The zero-order valence-electron chi connectivity index (χ0n) is 14.2. The monoisotopic (exact) mass is 323 g/mol. The first-order valence-electron chi connectivity index (χ1n) is 8.74. The van der Waals surface area contributed by atoms with Gasteiger partial charge in [-0.25, -0.2) is 0 Å². The van der Waals surface area contributed by atoms with Crippen LogP contribution in [0.1, 0.15) is 48.2 Å². The van der Waals surface area contributed by atoms with Gasteiger partial charge in [0.15, 0.2) is 0 Å². The van der Waals surface area contributed by atoms with Gasteiger partial charge in [-0.15, -0.1) is 0 Å². The van der Waals surface area contributed by atoms with Crippen molar-refractivity contribution in [2.24, 2.45) is 0 Å². The molecule has 4 nitrogen and oxygen atoms in total. The van der Waals surface area contributed by atoms with E-state index in [4.69, 9.17) is 0 Å². The van der Waals surface area contributed by atoms with Crippen LogP contribution in [0.4, 0.5) is 5.69 Å². The fourth-order valence-electron chi connectivity index (χ4n) is 3.38. The number of para-hydroxylation sites is 1. The normalized spacial score (nSPS) is 15.4. The molecular weight excluding hydrogens is 298 g/mol. The maximum absolute atomic E-state index is 12.4. The topological polar surface area (TPSA) is 45.2 Å². The minimum Gasteiger partial charge on any atom is -0.320 e. The summed E-state index contributed by atoms with van der Waals surface area (Å²) in [5, 5.41) is 3.01. The maximum Gasteiger partial charge on any atom is 0.274 e. The van der Waals surface area contributed by atoms with Crippen molar-refractivity contribution in [2.45, 2.75) is 44.7 Å². The van der Waals surface area contributed by atoms with Gasteiger partial charge in [-0.2, -0.15) is 0 Å². The van der Waals surface area contributed by atoms with Crippen LogP contribution in [0, 0.1) is 0 Å². The van der Waals surface area contributed by atoms with E-state index in [1.165, 1.54) is 32.1 Å². The van der Waals surface area contributed by atoms with Crippen LogP contribution in [0.2, 0.25) is 0 Å². The first-order chi connectivity index (χ1) is 11.7. The molecule has 24 heavy (non-hydrogen) atoms. The Labute approximate surface area is 143 Å². The minimum atomic E-state index is -0.164. The Morgan fingerprint density at radius 1 is 1.12 bits per heavy atom. The number of nitrogens with one attached hydrogen (secondary N) is 1. The molecule has 0 spiro atoms. The molecule has 1 amide bonds. The number of hydrogen-bond donors (Lipinski definition) is 1. The van der Waals surface area contributed by atoms with Gasteiger partial charge in [0.1, 0.15) is 5.69 Å². The third-order valence-corrected chi connectivity index (χ3v) is 4.78. The molecule has 4 heteroatoms. The Morgan fingerprint density at radius 3 is 2.62 bits per heavy atom.